The highest BCUT2D eigenvalue weighted by Gasteiger charge is 2.47. The van der Waals surface area contributed by atoms with E-state index < -0.39 is 0 Å². The summed E-state index contributed by atoms with van der Waals surface area (Å²) < 4.78 is 0. The van der Waals surface area contributed by atoms with Crippen molar-refractivity contribution in [1.29, 1.82) is 0 Å². The molecule has 128 valence electrons. The third-order valence-corrected chi connectivity index (χ3v) is 5.63. The fraction of sp³-hybridized carbons (Fsp3) is 1.00. The van der Waals surface area contributed by atoms with Crippen LogP contribution < -0.4 is 5.73 Å². The third kappa shape index (κ3) is 5.78. The van der Waals surface area contributed by atoms with Gasteiger partial charge in [-0.15, -0.1) is 0 Å². The summed E-state index contributed by atoms with van der Waals surface area (Å²) in [5, 5.41) is 0. The Morgan fingerprint density at radius 1 is 1.10 bits per heavy atom. The van der Waals surface area contributed by atoms with Crippen molar-refractivity contribution in [2.75, 3.05) is 12.5 Å². The molecule has 0 aliphatic heterocycles. The van der Waals surface area contributed by atoms with Crippen molar-refractivity contribution in [3.05, 3.63) is 0 Å². The number of rotatable bonds is 4. The molecule has 0 spiro atoms. The van der Waals surface area contributed by atoms with Gasteiger partial charge in [-0.25, -0.2) is 0 Å². The minimum atomic E-state index is 0. The number of nitrogens with two attached hydrogens (primary N) is 1. The van der Waals surface area contributed by atoms with Gasteiger partial charge in [0.05, 0.1) is 0 Å². The molecule has 4 atom stereocenters. The van der Waals surface area contributed by atoms with E-state index in [9.17, 15) is 0 Å². The lowest BCUT2D eigenvalue weighted by molar-refractivity contribution is 0.0255. The van der Waals surface area contributed by atoms with Gasteiger partial charge in [0.15, 0.2) is 0 Å². The van der Waals surface area contributed by atoms with E-state index in [4.69, 9.17) is 5.73 Å². The highest BCUT2D eigenvalue weighted by Crippen LogP contribution is 2.49. The van der Waals surface area contributed by atoms with Gasteiger partial charge in [-0.1, -0.05) is 59.8 Å². The van der Waals surface area contributed by atoms with Crippen molar-refractivity contribution < 1.29 is 0 Å². The molecule has 2 unspecified atom stereocenters. The molecule has 21 heavy (non-hydrogen) atoms. The van der Waals surface area contributed by atoms with Gasteiger partial charge in [0.25, 0.3) is 0 Å². The van der Waals surface area contributed by atoms with Crippen LogP contribution in [0.1, 0.15) is 85.5 Å². The van der Waals surface area contributed by atoms with Crippen LogP contribution >= 0.6 is 11.8 Å². The summed E-state index contributed by atoms with van der Waals surface area (Å²) in [4.78, 5) is 0. The predicted octanol–water partition coefficient (Wildman–Crippen LogP) is 6.12. The van der Waals surface area contributed by atoms with E-state index in [1.54, 1.807) is 11.8 Å². The maximum absolute atomic E-state index is 6.88. The summed E-state index contributed by atoms with van der Waals surface area (Å²) in [6.45, 7) is 4.74. The van der Waals surface area contributed by atoms with Crippen LogP contribution in [-0.4, -0.2) is 18.1 Å². The second kappa shape index (κ2) is 10.9. The summed E-state index contributed by atoms with van der Waals surface area (Å²) in [5.74, 6) is 2.54. The Labute approximate surface area is 139 Å². The lowest BCUT2D eigenvalue weighted by atomic mass is 9.56. The molecule has 2 heteroatoms. The predicted molar refractivity (Wildman–Crippen MR) is 101 cm³/mol. The lowest BCUT2D eigenvalue weighted by Crippen LogP contribution is -2.59. The van der Waals surface area contributed by atoms with E-state index in [2.05, 4.69) is 13.8 Å². The molecule has 0 radical (unpaired) electrons. The first-order valence-electron chi connectivity index (χ1n) is 8.79. The minimum Gasteiger partial charge on any atom is -0.325 e. The number of hydrogen-bond donors (Lipinski definition) is 1. The Balaban J connectivity index is 0.000000922. The Bertz CT molecular complexity index is 256. The molecule has 2 aliphatic rings. The number of fused-ring (bicyclic) bond motifs is 1. The maximum Gasteiger partial charge on any atom is 0.0214 e. The first-order chi connectivity index (χ1) is 9.60. The van der Waals surface area contributed by atoms with Crippen LogP contribution in [0.5, 0.6) is 0 Å². The van der Waals surface area contributed by atoms with E-state index in [1.165, 1.54) is 64.2 Å². The Kier molecular flexibility index (Phi) is 11.1. The van der Waals surface area contributed by atoms with Gasteiger partial charge in [-0.3, -0.25) is 0 Å². The van der Waals surface area contributed by atoms with Crippen LogP contribution in [0.2, 0.25) is 0 Å². The molecule has 2 saturated carbocycles. The second-order valence-corrected chi connectivity index (χ2v) is 7.94. The van der Waals surface area contributed by atoms with Crippen LogP contribution in [-0.2, 0) is 0 Å². The number of thioether (sulfide) groups is 1. The topological polar surface area (TPSA) is 26.0 Å². The van der Waals surface area contributed by atoms with Crippen molar-refractivity contribution in [2.45, 2.75) is 91.0 Å². The molecular weight excluding hydrogens is 274 g/mol. The fourth-order valence-electron chi connectivity index (χ4n) is 4.61. The highest BCUT2D eigenvalue weighted by molar-refractivity contribution is 7.97. The van der Waals surface area contributed by atoms with Gasteiger partial charge in [0, 0.05) is 5.54 Å². The van der Waals surface area contributed by atoms with Crippen molar-refractivity contribution in [3.63, 3.8) is 0 Å². The average molecular weight is 316 g/mol. The van der Waals surface area contributed by atoms with Gasteiger partial charge in [0.1, 0.15) is 0 Å². The normalized spacial score (nSPS) is 35.0. The SMILES string of the molecule is C.CCCCCC1CCCC2[C@@H](C)CCC[C@]12N.CSC. The first kappa shape index (κ1) is 21.3. The molecule has 2 fully saturated rings. The van der Waals surface area contributed by atoms with Crippen molar-refractivity contribution in [1.82, 2.24) is 0 Å². The first-order valence-corrected chi connectivity index (χ1v) is 10.4. The summed E-state index contributed by atoms with van der Waals surface area (Å²) >= 11 is 1.75. The van der Waals surface area contributed by atoms with Gasteiger partial charge in [-0.05, 0) is 55.9 Å². The minimum absolute atomic E-state index is 0. The fourth-order valence-corrected chi connectivity index (χ4v) is 4.61. The largest absolute Gasteiger partial charge is 0.325 e. The van der Waals surface area contributed by atoms with Gasteiger partial charge < -0.3 is 5.73 Å². The Morgan fingerprint density at radius 2 is 1.76 bits per heavy atom. The Hall–Kier alpha value is 0.310. The summed E-state index contributed by atoms with van der Waals surface area (Å²) in [6.07, 6.45) is 18.0. The summed E-state index contributed by atoms with van der Waals surface area (Å²) in [7, 11) is 0. The quantitative estimate of drug-likeness (QED) is 0.633. The average Bonchev–Trinajstić information content (AvgIpc) is 2.41. The molecular formula is C19H41NS. The second-order valence-electron chi connectivity index (χ2n) is 7.12. The molecule has 0 heterocycles. The van der Waals surface area contributed by atoms with E-state index >= 15 is 0 Å². The van der Waals surface area contributed by atoms with E-state index in [-0.39, 0.29) is 13.0 Å². The van der Waals surface area contributed by atoms with Gasteiger partial charge >= 0.3 is 0 Å². The van der Waals surface area contributed by atoms with Crippen molar-refractivity contribution >= 4 is 11.8 Å². The summed E-state index contributed by atoms with van der Waals surface area (Å²) in [6, 6.07) is 0. The van der Waals surface area contributed by atoms with Crippen LogP contribution in [0.4, 0.5) is 0 Å². The standard InChI is InChI=1S/C16H31N.C2H6S.CH4/c1-3-4-5-9-14-10-6-11-15-13(2)8-7-12-16(14,15)17;1-3-2;/h13-15H,3-12,17H2,1-2H3;1-2H3;1H4/t13-,14?,15?,16-;;/m0../s1. The van der Waals surface area contributed by atoms with Crippen molar-refractivity contribution in [2.24, 2.45) is 23.5 Å². The molecule has 1 nitrogen and oxygen atoms in total. The van der Waals surface area contributed by atoms with Gasteiger partial charge in [0.2, 0.25) is 0 Å². The molecule has 2 aliphatic carbocycles. The third-order valence-electron chi connectivity index (χ3n) is 5.63. The van der Waals surface area contributed by atoms with E-state index in [0.29, 0.717) is 0 Å². The molecule has 0 aromatic heterocycles. The molecule has 0 aromatic rings. The molecule has 0 saturated heterocycles. The zero-order chi connectivity index (χ0) is 15.0. The van der Waals surface area contributed by atoms with Crippen LogP contribution in [0.3, 0.4) is 0 Å². The molecule has 0 aromatic carbocycles. The number of hydrogen-bond acceptors (Lipinski definition) is 2. The van der Waals surface area contributed by atoms with Gasteiger partial charge in [-0.2, -0.15) is 11.8 Å². The van der Waals surface area contributed by atoms with Crippen LogP contribution in [0.15, 0.2) is 0 Å². The molecule has 0 bridgehead atoms. The highest BCUT2D eigenvalue weighted by atomic mass is 32.2. The molecule has 2 N–H and O–H groups in total. The van der Waals surface area contributed by atoms with Crippen LogP contribution in [0.25, 0.3) is 0 Å². The molecule has 2 rings (SSSR count). The molecule has 0 amide bonds. The number of unbranched alkanes of at least 4 members (excludes halogenated alkanes) is 2. The van der Waals surface area contributed by atoms with Crippen molar-refractivity contribution in [3.8, 4) is 0 Å². The zero-order valence-electron chi connectivity index (χ0n) is 14.3. The smallest absolute Gasteiger partial charge is 0.0214 e. The summed E-state index contributed by atoms with van der Waals surface area (Å²) in [5.41, 5.74) is 7.09. The zero-order valence-corrected chi connectivity index (χ0v) is 15.1. The monoisotopic (exact) mass is 315 g/mol. The lowest BCUT2D eigenvalue weighted by Gasteiger charge is -2.53. The van der Waals surface area contributed by atoms with E-state index in [1.807, 2.05) is 12.5 Å². The maximum atomic E-state index is 6.88. The van der Waals surface area contributed by atoms with Crippen LogP contribution in [0, 0.1) is 17.8 Å². The van der Waals surface area contributed by atoms with E-state index in [0.717, 1.165) is 17.8 Å². The Morgan fingerprint density at radius 3 is 2.38 bits per heavy atom.